The first-order chi connectivity index (χ1) is 10.8. The summed E-state index contributed by atoms with van der Waals surface area (Å²) in [6.45, 7) is 5.80. The minimum absolute atomic E-state index is 0.00388. The van der Waals surface area contributed by atoms with E-state index < -0.39 is 0 Å². The van der Waals surface area contributed by atoms with Gasteiger partial charge in [-0.2, -0.15) is 0 Å². The molecule has 4 nitrogen and oxygen atoms in total. The number of hydrogen-bond donors (Lipinski definition) is 1. The van der Waals surface area contributed by atoms with Crippen LogP contribution in [0.1, 0.15) is 16.6 Å². The molecule has 1 aromatic heterocycles. The zero-order chi connectivity index (χ0) is 15.4. The first kappa shape index (κ1) is 15.1. The highest BCUT2D eigenvalue weighted by Gasteiger charge is 2.21. The molecule has 3 rings (SSSR count). The molecule has 1 N–H and O–H groups in total. The van der Waals surface area contributed by atoms with Crippen LogP contribution < -0.4 is 10.2 Å². The smallest absolute Gasteiger partial charge is 0.261 e. The zero-order valence-corrected chi connectivity index (χ0v) is 13.5. The second-order valence-corrected chi connectivity index (χ2v) is 6.19. The minimum Gasteiger partial charge on any atom is -0.378 e. The van der Waals surface area contributed by atoms with Crippen LogP contribution in [0.3, 0.4) is 0 Å². The van der Waals surface area contributed by atoms with E-state index in [4.69, 9.17) is 4.74 Å². The first-order valence-corrected chi connectivity index (χ1v) is 8.41. The van der Waals surface area contributed by atoms with Crippen LogP contribution in [0.25, 0.3) is 11.1 Å². The molecule has 0 radical (unpaired) electrons. The van der Waals surface area contributed by atoms with Gasteiger partial charge in [0.15, 0.2) is 0 Å². The lowest BCUT2D eigenvalue weighted by Crippen LogP contribution is -2.35. The maximum atomic E-state index is 12.2. The monoisotopic (exact) mass is 316 g/mol. The number of nitrogens with zero attached hydrogens (tertiary/aromatic N) is 1. The number of carbonyl (C=O) groups is 1. The van der Waals surface area contributed by atoms with Gasteiger partial charge in [0.1, 0.15) is 0 Å². The van der Waals surface area contributed by atoms with Crippen LogP contribution in [0.15, 0.2) is 36.4 Å². The van der Waals surface area contributed by atoms with Crippen LogP contribution in [0.5, 0.6) is 0 Å². The molecule has 116 valence electrons. The highest BCUT2D eigenvalue weighted by atomic mass is 32.1. The Morgan fingerprint density at radius 1 is 1.27 bits per heavy atom. The molecule has 22 heavy (non-hydrogen) atoms. The molecule has 2 heterocycles. The van der Waals surface area contributed by atoms with Crippen molar-refractivity contribution in [2.45, 2.75) is 6.92 Å². The lowest BCUT2D eigenvalue weighted by atomic mass is 10.1. The SMILES string of the molecule is CCNC(=O)c1cc(-c2ccccc2)c(N2CCOCC2)s1. The van der Waals surface area contributed by atoms with Gasteiger partial charge in [0.05, 0.1) is 23.1 Å². The standard InChI is InChI=1S/C17H20N2O2S/c1-2-18-16(20)15-12-14(13-6-4-3-5-7-13)17(22-15)19-8-10-21-11-9-19/h3-7,12H,2,8-11H2,1H3,(H,18,20). The first-order valence-electron chi connectivity index (χ1n) is 7.59. The van der Waals surface area contributed by atoms with Crippen molar-refractivity contribution < 1.29 is 9.53 Å². The fraction of sp³-hybridized carbons (Fsp3) is 0.353. The van der Waals surface area contributed by atoms with Crippen molar-refractivity contribution in [1.29, 1.82) is 0 Å². The van der Waals surface area contributed by atoms with Crippen LogP contribution in [-0.2, 0) is 4.74 Å². The Labute approximate surface area is 134 Å². The van der Waals surface area contributed by atoms with Gasteiger partial charge in [-0.25, -0.2) is 0 Å². The minimum atomic E-state index is 0.00388. The Bertz CT molecular complexity index is 633. The third-order valence-corrected chi connectivity index (χ3v) is 4.85. The van der Waals surface area contributed by atoms with E-state index in [1.165, 1.54) is 0 Å². The third-order valence-electron chi connectivity index (χ3n) is 3.66. The van der Waals surface area contributed by atoms with Gasteiger partial charge in [0.25, 0.3) is 5.91 Å². The highest BCUT2D eigenvalue weighted by molar-refractivity contribution is 7.18. The van der Waals surface area contributed by atoms with E-state index in [0.717, 1.165) is 47.3 Å². The zero-order valence-electron chi connectivity index (χ0n) is 12.7. The Morgan fingerprint density at radius 2 is 2.00 bits per heavy atom. The van der Waals surface area contributed by atoms with E-state index in [1.807, 2.05) is 31.2 Å². The largest absolute Gasteiger partial charge is 0.378 e. The van der Waals surface area contributed by atoms with Crippen LogP contribution in [0, 0.1) is 0 Å². The lowest BCUT2D eigenvalue weighted by molar-refractivity contribution is 0.0960. The normalized spacial score (nSPS) is 14.9. The number of hydrogen-bond acceptors (Lipinski definition) is 4. The molecule has 0 atom stereocenters. The average Bonchev–Trinajstić information content (AvgIpc) is 3.02. The molecule has 2 aromatic rings. The Balaban J connectivity index is 1.99. The summed E-state index contributed by atoms with van der Waals surface area (Å²) < 4.78 is 5.44. The summed E-state index contributed by atoms with van der Waals surface area (Å²) in [5.74, 6) is 0.00388. The van der Waals surface area contributed by atoms with Gasteiger partial charge >= 0.3 is 0 Å². The molecule has 1 saturated heterocycles. The van der Waals surface area contributed by atoms with E-state index in [-0.39, 0.29) is 5.91 Å². The summed E-state index contributed by atoms with van der Waals surface area (Å²) in [5.41, 5.74) is 2.28. The quantitative estimate of drug-likeness (QED) is 0.943. The molecule has 1 aliphatic rings. The van der Waals surface area contributed by atoms with Gasteiger partial charge in [-0.1, -0.05) is 30.3 Å². The van der Waals surface area contributed by atoms with Crippen molar-refractivity contribution in [3.05, 3.63) is 41.3 Å². The van der Waals surface area contributed by atoms with Crippen molar-refractivity contribution in [3.8, 4) is 11.1 Å². The fourth-order valence-corrected chi connectivity index (χ4v) is 3.72. The van der Waals surface area contributed by atoms with E-state index in [2.05, 4.69) is 22.3 Å². The number of morpholine rings is 1. The van der Waals surface area contributed by atoms with Gasteiger partial charge in [0, 0.05) is 25.2 Å². The number of ether oxygens (including phenoxy) is 1. The molecule has 1 amide bonds. The summed E-state index contributed by atoms with van der Waals surface area (Å²) in [7, 11) is 0. The predicted molar refractivity (Wildman–Crippen MR) is 90.8 cm³/mol. The maximum absolute atomic E-state index is 12.2. The van der Waals surface area contributed by atoms with Crippen molar-refractivity contribution in [1.82, 2.24) is 5.32 Å². The summed E-state index contributed by atoms with van der Waals surface area (Å²) >= 11 is 1.57. The molecular weight excluding hydrogens is 296 g/mol. The van der Waals surface area contributed by atoms with Crippen LogP contribution in [-0.4, -0.2) is 38.8 Å². The molecule has 1 fully saturated rings. The number of benzene rings is 1. The second kappa shape index (κ2) is 6.94. The van der Waals surface area contributed by atoms with Crippen LogP contribution >= 0.6 is 11.3 Å². The van der Waals surface area contributed by atoms with Gasteiger partial charge in [-0.05, 0) is 18.6 Å². The Morgan fingerprint density at radius 3 is 2.68 bits per heavy atom. The van der Waals surface area contributed by atoms with E-state index >= 15 is 0 Å². The molecular formula is C17H20N2O2S. The van der Waals surface area contributed by atoms with Crippen molar-refractivity contribution >= 4 is 22.2 Å². The number of carbonyl (C=O) groups excluding carboxylic acids is 1. The summed E-state index contributed by atoms with van der Waals surface area (Å²) in [4.78, 5) is 15.3. The third kappa shape index (κ3) is 3.15. The summed E-state index contributed by atoms with van der Waals surface area (Å²) in [6, 6.07) is 12.3. The maximum Gasteiger partial charge on any atom is 0.261 e. The Kier molecular flexibility index (Phi) is 4.75. The van der Waals surface area contributed by atoms with Crippen LogP contribution in [0.2, 0.25) is 0 Å². The van der Waals surface area contributed by atoms with E-state index in [0.29, 0.717) is 6.54 Å². The topological polar surface area (TPSA) is 41.6 Å². The van der Waals surface area contributed by atoms with Crippen molar-refractivity contribution in [3.63, 3.8) is 0 Å². The molecule has 0 spiro atoms. The lowest BCUT2D eigenvalue weighted by Gasteiger charge is -2.28. The number of thiophene rings is 1. The van der Waals surface area contributed by atoms with Gasteiger partial charge in [0.2, 0.25) is 0 Å². The summed E-state index contributed by atoms with van der Waals surface area (Å²) in [6.07, 6.45) is 0. The van der Waals surface area contributed by atoms with Gasteiger partial charge in [-0.3, -0.25) is 4.79 Å². The van der Waals surface area contributed by atoms with E-state index in [9.17, 15) is 4.79 Å². The molecule has 1 aromatic carbocycles. The fourth-order valence-electron chi connectivity index (χ4n) is 2.57. The molecule has 0 aliphatic carbocycles. The second-order valence-electron chi connectivity index (χ2n) is 5.15. The molecule has 0 unspecified atom stereocenters. The molecule has 0 bridgehead atoms. The Hall–Kier alpha value is -1.85. The number of rotatable bonds is 4. The van der Waals surface area contributed by atoms with Crippen molar-refractivity contribution in [2.75, 3.05) is 37.7 Å². The van der Waals surface area contributed by atoms with Crippen molar-refractivity contribution in [2.24, 2.45) is 0 Å². The highest BCUT2D eigenvalue weighted by Crippen LogP contribution is 2.39. The molecule has 5 heteroatoms. The number of anilines is 1. The van der Waals surface area contributed by atoms with E-state index in [1.54, 1.807) is 11.3 Å². The van der Waals surface area contributed by atoms with Gasteiger partial charge < -0.3 is 15.0 Å². The number of amides is 1. The molecule has 0 saturated carbocycles. The summed E-state index contributed by atoms with van der Waals surface area (Å²) in [5, 5.41) is 4.05. The molecule has 1 aliphatic heterocycles. The predicted octanol–water partition coefficient (Wildman–Crippen LogP) is 3.00. The number of nitrogens with one attached hydrogen (secondary N) is 1. The van der Waals surface area contributed by atoms with Gasteiger partial charge in [-0.15, -0.1) is 11.3 Å². The van der Waals surface area contributed by atoms with Crippen LogP contribution in [0.4, 0.5) is 5.00 Å². The average molecular weight is 316 g/mol.